The van der Waals surface area contributed by atoms with Crippen LogP contribution in [0.4, 0.5) is 0 Å². The number of hydrogen-bond acceptors (Lipinski definition) is 2. The van der Waals surface area contributed by atoms with Gasteiger partial charge >= 0.3 is 11.8 Å². The van der Waals surface area contributed by atoms with Crippen molar-refractivity contribution in [2.75, 3.05) is 0 Å². The van der Waals surface area contributed by atoms with Crippen molar-refractivity contribution in [1.82, 2.24) is 0 Å². The van der Waals surface area contributed by atoms with Crippen LogP contribution in [0.2, 0.25) is 0 Å². The molecule has 0 amide bonds. The number of benzene rings is 2. The summed E-state index contributed by atoms with van der Waals surface area (Å²) in [5.74, 6) is -0.334. The van der Waals surface area contributed by atoms with E-state index in [1.165, 1.54) is 0 Å². The number of hydrogen-bond donors (Lipinski definition) is 2. The summed E-state index contributed by atoms with van der Waals surface area (Å²) in [5.41, 5.74) is 8.76. The molecule has 1 atom stereocenters. The molecule has 0 aromatic heterocycles. The number of aryl methyl sites for hydroxylation is 1. The van der Waals surface area contributed by atoms with Crippen molar-refractivity contribution >= 4 is 11.8 Å². The summed E-state index contributed by atoms with van der Waals surface area (Å²) >= 11 is 0. The van der Waals surface area contributed by atoms with Crippen molar-refractivity contribution in [3.63, 3.8) is 0 Å². The Kier molecular flexibility index (Phi) is 5.31. The number of amidine groups is 1. The van der Waals surface area contributed by atoms with E-state index in [1.807, 2.05) is 68.4 Å². The minimum absolute atomic E-state index is 0.306. The second-order valence-corrected chi connectivity index (χ2v) is 5.17. The second kappa shape index (κ2) is 7.41. The second-order valence-electron chi connectivity index (χ2n) is 5.17. The molecule has 0 heterocycles. The quantitative estimate of drug-likeness (QED) is 0.380. The Labute approximate surface area is 130 Å². The fourth-order valence-corrected chi connectivity index (χ4v) is 2.19. The van der Waals surface area contributed by atoms with E-state index in [9.17, 15) is 4.79 Å². The van der Waals surface area contributed by atoms with Crippen LogP contribution in [0.3, 0.4) is 0 Å². The molecule has 2 rings (SSSR count). The third kappa shape index (κ3) is 3.95. The zero-order valence-electron chi connectivity index (χ0n) is 12.9. The van der Waals surface area contributed by atoms with Crippen LogP contribution < -0.4 is 10.9 Å². The normalized spacial score (nSPS) is 12.7. The lowest BCUT2D eigenvalue weighted by atomic mass is 9.97. The Hall–Kier alpha value is -2.62. The van der Waals surface area contributed by atoms with Gasteiger partial charge in [0.25, 0.3) is 0 Å². The first-order chi connectivity index (χ1) is 10.6. The molecule has 0 aliphatic heterocycles. The lowest BCUT2D eigenvalue weighted by Crippen LogP contribution is -2.76. The molecule has 0 bridgehead atoms. The number of carbonyl (C=O) groups is 1. The maximum Gasteiger partial charge on any atom is 0.364 e. The van der Waals surface area contributed by atoms with Gasteiger partial charge in [0.2, 0.25) is 0 Å². The van der Waals surface area contributed by atoms with Gasteiger partial charge in [-0.05, 0) is 31.0 Å². The lowest BCUT2D eigenvalue weighted by Gasteiger charge is -2.10. The Bertz CT molecular complexity index is 649. The van der Waals surface area contributed by atoms with Crippen molar-refractivity contribution in [1.29, 1.82) is 0 Å². The molecule has 0 radical (unpaired) electrons. The van der Waals surface area contributed by atoms with Crippen molar-refractivity contribution in [2.45, 2.75) is 26.2 Å². The molecule has 2 aromatic carbocycles. The van der Waals surface area contributed by atoms with Crippen molar-refractivity contribution in [3.8, 4) is 0 Å². The van der Waals surface area contributed by atoms with E-state index < -0.39 is 0 Å². The SMILES string of the molecule is CC[C@H](C(=O)O[NH+]=C(N)c1ccc(C)cc1)c1ccccc1. The van der Waals surface area contributed by atoms with Crippen molar-refractivity contribution < 1.29 is 14.8 Å². The maximum absolute atomic E-state index is 12.2. The van der Waals surface area contributed by atoms with Crippen LogP contribution in [0.25, 0.3) is 0 Å². The first-order valence-electron chi connectivity index (χ1n) is 7.33. The standard InChI is InChI=1S/C18H20N2O2/c1-3-16(14-7-5-4-6-8-14)18(21)22-20-17(19)15-11-9-13(2)10-12-15/h4-12,16H,3H2,1-2H3,(H2,19,20)/p+1/t16-/m0/s1. The number of nitrogens with one attached hydrogen (secondary N) is 1. The monoisotopic (exact) mass is 297 g/mol. The van der Waals surface area contributed by atoms with Crippen LogP contribution in [0.1, 0.15) is 36.0 Å². The highest BCUT2D eigenvalue weighted by molar-refractivity contribution is 5.93. The van der Waals surface area contributed by atoms with Gasteiger partial charge in [0.05, 0.1) is 11.5 Å². The topological polar surface area (TPSA) is 66.3 Å². The highest BCUT2D eigenvalue weighted by Gasteiger charge is 2.21. The van der Waals surface area contributed by atoms with Crippen LogP contribution in [0.15, 0.2) is 54.6 Å². The maximum atomic E-state index is 12.2. The minimum Gasteiger partial charge on any atom is -0.284 e. The van der Waals surface area contributed by atoms with E-state index in [-0.39, 0.29) is 11.9 Å². The zero-order chi connectivity index (χ0) is 15.9. The van der Waals surface area contributed by atoms with Gasteiger partial charge in [0.15, 0.2) is 0 Å². The summed E-state index contributed by atoms with van der Waals surface area (Å²) in [7, 11) is 0. The summed E-state index contributed by atoms with van der Waals surface area (Å²) in [6.45, 7) is 3.95. The predicted molar refractivity (Wildman–Crippen MR) is 86.0 cm³/mol. The molecule has 0 aliphatic rings. The third-order valence-electron chi connectivity index (χ3n) is 3.52. The van der Waals surface area contributed by atoms with Gasteiger partial charge in [-0.3, -0.25) is 10.6 Å². The van der Waals surface area contributed by atoms with Gasteiger partial charge in [-0.2, -0.15) is 0 Å². The number of carbonyl (C=O) groups excluding carboxylic acids is 1. The van der Waals surface area contributed by atoms with Crippen molar-refractivity contribution in [2.24, 2.45) is 5.73 Å². The van der Waals surface area contributed by atoms with E-state index in [4.69, 9.17) is 10.6 Å². The molecule has 0 spiro atoms. The molecular formula is C18H21N2O2+. The third-order valence-corrected chi connectivity index (χ3v) is 3.52. The molecule has 114 valence electrons. The Morgan fingerprint density at radius 1 is 1.14 bits per heavy atom. The van der Waals surface area contributed by atoms with Gasteiger partial charge in [-0.15, -0.1) is 0 Å². The summed E-state index contributed by atoms with van der Waals surface area (Å²) in [4.78, 5) is 17.4. The molecule has 3 N–H and O–H groups in total. The number of rotatable bonds is 5. The first kappa shape index (κ1) is 15.8. The van der Waals surface area contributed by atoms with E-state index >= 15 is 0 Å². The molecular weight excluding hydrogens is 276 g/mol. The molecule has 4 heteroatoms. The molecule has 0 saturated heterocycles. The van der Waals surface area contributed by atoms with Crippen molar-refractivity contribution in [3.05, 3.63) is 71.3 Å². The molecule has 0 saturated carbocycles. The van der Waals surface area contributed by atoms with Gasteiger partial charge in [-0.1, -0.05) is 60.1 Å². The molecule has 0 fully saturated rings. The molecule has 0 unspecified atom stereocenters. The largest absolute Gasteiger partial charge is 0.364 e. The van der Waals surface area contributed by atoms with Gasteiger partial charge < -0.3 is 0 Å². The Morgan fingerprint density at radius 2 is 1.77 bits per heavy atom. The molecule has 0 aliphatic carbocycles. The average molecular weight is 297 g/mol. The minimum atomic E-state index is -0.344. The fourth-order valence-electron chi connectivity index (χ4n) is 2.19. The van der Waals surface area contributed by atoms with Crippen LogP contribution in [0, 0.1) is 6.92 Å². The highest BCUT2D eigenvalue weighted by atomic mass is 16.7. The predicted octanol–water partition coefficient (Wildman–Crippen LogP) is 1.43. The van der Waals surface area contributed by atoms with E-state index in [0.29, 0.717) is 12.3 Å². The zero-order valence-corrected chi connectivity index (χ0v) is 12.9. The summed E-state index contributed by atoms with van der Waals surface area (Å²) in [5, 5.41) is 2.55. The highest BCUT2D eigenvalue weighted by Crippen LogP contribution is 2.19. The molecule has 2 aromatic rings. The number of nitrogens with two attached hydrogens (primary N) is 1. The summed E-state index contributed by atoms with van der Waals surface area (Å²) < 4.78 is 0. The molecule has 4 nitrogen and oxygen atoms in total. The average Bonchev–Trinajstić information content (AvgIpc) is 2.55. The lowest BCUT2D eigenvalue weighted by molar-refractivity contribution is -0.724. The smallest absolute Gasteiger partial charge is 0.284 e. The first-order valence-corrected chi connectivity index (χ1v) is 7.33. The number of nitrogen functional groups attached to an aromatic ring is 1. The Balaban J connectivity index is 2.07. The summed E-state index contributed by atoms with van der Waals surface area (Å²) in [6.07, 6.45) is 0.662. The van der Waals surface area contributed by atoms with Gasteiger partial charge in [0.1, 0.15) is 0 Å². The van der Waals surface area contributed by atoms with E-state index in [0.717, 1.165) is 16.7 Å². The van der Waals surface area contributed by atoms with Crippen LogP contribution in [-0.2, 0) is 9.63 Å². The van der Waals surface area contributed by atoms with Crippen LogP contribution in [-0.4, -0.2) is 11.8 Å². The van der Waals surface area contributed by atoms with Gasteiger partial charge in [0, 0.05) is 0 Å². The summed E-state index contributed by atoms with van der Waals surface area (Å²) in [6, 6.07) is 17.2. The molecule has 22 heavy (non-hydrogen) atoms. The van der Waals surface area contributed by atoms with E-state index in [2.05, 4.69) is 5.16 Å². The van der Waals surface area contributed by atoms with E-state index in [1.54, 1.807) is 0 Å². The van der Waals surface area contributed by atoms with Gasteiger partial charge in [-0.25, -0.2) is 4.79 Å². The fraction of sp³-hybridized carbons (Fsp3) is 0.222. The van der Waals surface area contributed by atoms with Crippen LogP contribution in [0.5, 0.6) is 0 Å². The Morgan fingerprint density at radius 3 is 2.36 bits per heavy atom. The van der Waals surface area contributed by atoms with Crippen LogP contribution >= 0.6 is 0 Å².